The number of benzene rings is 1. The van der Waals surface area contributed by atoms with Gasteiger partial charge in [-0.1, -0.05) is 19.1 Å². The topological polar surface area (TPSA) is 34.1 Å². The normalized spacial score (nSPS) is 13.4. The van der Waals surface area contributed by atoms with Crippen molar-refractivity contribution in [2.75, 3.05) is 6.54 Å². The first-order valence-corrected chi connectivity index (χ1v) is 6.74. The quantitative estimate of drug-likeness (QED) is 0.914. The maximum Gasteiger partial charge on any atom is 0.425 e. The van der Waals surface area contributed by atoms with Crippen molar-refractivity contribution < 1.29 is 17.9 Å². The predicted octanol–water partition coefficient (Wildman–Crippen LogP) is 3.67. The minimum Gasteiger partial charge on any atom is -0.480 e. The van der Waals surface area contributed by atoms with Gasteiger partial charge in [0, 0.05) is 18.0 Å². The van der Waals surface area contributed by atoms with Crippen LogP contribution in [0.1, 0.15) is 19.5 Å². The summed E-state index contributed by atoms with van der Waals surface area (Å²) in [4.78, 5) is 4.42. The van der Waals surface area contributed by atoms with Gasteiger partial charge < -0.3 is 10.1 Å². The molecule has 0 saturated carbocycles. The minimum absolute atomic E-state index is 0.207. The number of aromatic nitrogens is 1. The van der Waals surface area contributed by atoms with Crippen molar-refractivity contribution in [3.8, 4) is 5.75 Å². The summed E-state index contributed by atoms with van der Waals surface area (Å²) >= 11 is 0. The number of halogens is 3. The summed E-state index contributed by atoms with van der Waals surface area (Å²) in [7, 11) is 0. The highest BCUT2D eigenvalue weighted by molar-refractivity contribution is 5.85. The third-order valence-electron chi connectivity index (χ3n) is 3.05. The molecule has 0 aliphatic rings. The average Bonchev–Trinajstić information content (AvgIpc) is 2.44. The fourth-order valence-electron chi connectivity index (χ4n) is 1.89. The minimum atomic E-state index is -4.40. The second-order valence-corrected chi connectivity index (χ2v) is 4.71. The lowest BCUT2D eigenvalue weighted by atomic mass is 10.1. The van der Waals surface area contributed by atoms with Gasteiger partial charge in [-0.25, -0.2) is 0 Å². The van der Waals surface area contributed by atoms with Crippen LogP contribution in [0.5, 0.6) is 5.75 Å². The van der Waals surface area contributed by atoms with Crippen LogP contribution in [0, 0.1) is 0 Å². The number of nitrogens with zero attached hydrogens (tertiary/aromatic N) is 1. The zero-order valence-corrected chi connectivity index (χ0v) is 11.9. The maximum absolute atomic E-state index is 12.7. The van der Waals surface area contributed by atoms with E-state index in [-0.39, 0.29) is 5.75 Å². The van der Waals surface area contributed by atoms with Crippen molar-refractivity contribution in [3.05, 3.63) is 36.0 Å². The first kappa shape index (κ1) is 15.6. The van der Waals surface area contributed by atoms with E-state index in [4.69, 9.17) is 4.74 Å². The van der Waals surface area contributed by atoms with Gasteiger partial charge in [-0.15, -0.1) is 0 Å². The van der Waals surface area contributed by atoms with Gasteiger partial charge in [-0.2, -0.15) is 13.2 Å². The van der Waals surface area contributed by atoms with E-state index in [1.807, 2.05) is 6.92 Å². The lowest BCUT2D eigenvalue weighted by Crippen LogP contribution is -2.31. The Hall–Kier alpha value is -1.82. The highest BCUT2D eigenvalue weighted by atomic mass is 19.4. The molecular weight excluding hydrogens is 281 g/mol. The summed E-state index contributed by atoms with van der Waals surface area (Å²) in [6, 6.07) is 8.57. The van der Waals surface area contributed by atoms with E-state index in [9.17, 15) is 13.2 Å². The molecule has 1 aromatic carbocycles. The molecule has 0 bridgehead atoms. The molecule has 2 aromatic rings. The van der Waals surface area contributed by atoms with Crippen molar-refractivity contribution >= 4 is 10.9 Å². The number of pyridine rings is 1. The van der Waals surface area contributed by atoms with Gasteiger partial charge >= 0.3 is 6.18 Å². The molecule has 1 atom stereocenters. The maximum atomic E-state index is 12.7. The Morgan fingerprint density at radius 2 is 2.00 bits per heavy atom. The SMILES string of the molecule is CCNCc1cc(OC(C)C(F)(F)F)c2ccccc2n1. The molecule has 0 aliphatic carbocycles. The van der Waals surface area contributed by atoms with Gasteiger partial charge in [0.25, 0.3) is 0 Å². The number of para-hydroxylation sites is 1. The molecule has 6 heteroatoms. The summed E-state index contributed by atoms with van der Waals surface area (Å²) in [5.41, 5.74) is 1.28. The Labute approximate surface area is 121 Å². The van der Waals surface area contributed by atoms with Crippen LogP contribution in [0.3, 0.4) is 0 Å². The van der Waals surface area contributed by atoms with E-state index in [0.29, 0.717) is 23.1 Å². The number of hydrogen-bond donors (Lipinski definition) is 1. The zero-order valence-electron chi connectivity index (χ0n) is 11.9. The summed E-state index contributed by atoms with van der Waals surface area (Å²) in [6.07, 6.45) is -6.26. The molecule has 3 nitrogen and oxygen atoms in total. The Balaban J connectivity index is 2.39. The van der Waals surface area contributed by atoms with E-state index < -0.39 is 12.3 Å². The molecule has 1 unspecified atom stereocenters. The summed E-state index contributed by atoms with van der Waals surface area (Å²) in [5, 5.41) is 3.68. The van der Waals surface area contributed by atoms with Crippen LogP contribution in [0.2, 0.25) is 0 Å². The van der Waals surface area contributed by atoms with E-state index in [2.05, 4.69) is 10.3 Å². The lowest BCUT2D eigenvalue weighted by Gasteiger charge is -2.19. The van der Waals surface area contributed by atoms with Gasteiger partial charge in [0.1, 0.15) is 5.75 Å². The molecule has 0 fully saturated rings. The number of rotatable bonds is 5. The number of hydrogen-bond acceptors (Lipinski definition) is 3. The van der Waals surface area contributed by atoms with Crippen LogP contribution in [0.15, 0.2) is 30.3 Å². The van der Waals surface area contributed by atoms with E-state index in [0.717, 1.165) is 13.5 Å². The summed E-state index contributed by atoms with van der Waals surface area (Å²) < 4.78 is 43.2. The smallest absolute Gasteiger partial charge is 0.425 e. The van der Waals surface area contributed by atoms with Crippen molar-refractivity contribution in [3.63, 3.8) is 0 Å². The number of nitrogens with one attached hydrogen (secondary N) is 1. The number of ether oxygens (including phenoxy) is 1. The second kappa shape index (κ2) is 6.30. The molecule has 0 spiro atoms. The number of alkyl halides is 3. The second-order valence-electron chi connectivity index (χ2n) is 4.71. The van der Waals surface area contributed by atoms with Gasteiger partial charge in [0.05, 0.1) is 11.2 Å². The van der Waals surface area contributed by atoms with Gasteiger partial charge in [0.2, 0.25) is 0 Å². The van der Waals surface area contributed by atoms with Crippen molar-refractivity contribution in [1.29, 1.82) is 0 Å². The molecule has 0 radical (unpaired) electrons. The molecule has 2 rings (SSSR count). The molecule has 21 heavy (non-hydrogen) atoms. The van der Waals surface area contributed by atoms with Crippen LogP contribution in [-0.4, -0.2) is 23.8 Å². The van der Waals surface area contributed by atoms with Crippen molar-refractivity contribution in [2.45, 2.75) is 32.7 Å². The summed E-state index contributed by atoms with van der Waals surface area (Å²) in [6.45, 7) is 4.19. The first-order chi connectivity index (χ1) is 9.91. The lowest BCUT2D eigenvalue weighted by molar-refractivity contribution is -0.189. The van der Waals surface area contributed by atoms with Crippen molar-refractivity contribution in [2.24, 2.45) is 0 Å². The van der Waals surface area contributed by atoms with Gasteiger partial charge in [0.15, 0.2) is 6.10 Å². The summed E-state index contributed by atoms with van der Waals surface area (Å²) in [5.74, 6) is 0.207. The first-order valence-electron chi connectivity index (χ1n) is 6.74. The highest BCUT2D eigenvalue weighted by Crippen LogP contribution is 2.30. The van der Waals surface area contributed by atoms with Gasteiger partial charge in [-0.3, -0.25) is 4.98 Å². The van der Waals surface area contributed by atoms with Crippen LogP contribution in [-0.2, 0) is 6.54 Å². The molecule has 1 N–H and O–H groups in total. The molecule has 114 valence electrons. The fraction of sp³-hybridized carbons (Fsp3) is 0.400. The highest BCUT2D eigenvalue weighted by Gasteiger charge is 2.38. The van der Waals surface area contributed by atoms with Crippen LogP contribution >= 0.6 is 0 Å². The van der Waals surface area contributed by atoms with Crippen molar-refractivity contribution in [1.82, 2.24) is 10.3 Å². The molecule has 0 aliphatic heterocycles. The fourth-order valence-corrected chi connectivity index (χ4v) is 1.89. The number of fused-ring (bicyclic) bond motifs is 1. The average molecular weight is 298 g/mol. The molecule has 1 heterocycles. The molecule has 0 saturated heterocycles. The van der Waals surface area contributed by atoms with E-state index in [1.165, 1.54) is 0 Å². The van der Waals surface area contributed by atoms with E-state index in [1.54, 1.807) is 30.3 Å². The van der Waals surface area contributed by atoms with E-state index >= 15 is 0 Å². The van der Waals surface area contributed by atoms with Crippen LogP contribution in [0.4, 0.5) is 13.2 Å². The van der Waals surface area contributed by atoms with Gasteiger partial charge in [-0.05, 0) is 25.6 Å². The zero-order chi connectivity index (χ0) is 15.5. The third kappa shape index (κ3) is 3.85. The Morgan fingerprint density at radius 3 is 2.67 bits per heavy atom. The van der Waals surface area contributed by atoms with Crippen LogP contribution < -0.4 is 10.1 Å². The molecule has 1 aromatic heterocycles. The third-order valence-corrected chi connectivity index (χ3v) is 3.05. The molecular formula is C15H17F3N2O. The standard InChI is InChI=1S/C15H17F3N2O/c1-3-19-9-11-8-14(21-10(2)15(16,17)18)12-6-4-5-7-13(12)20-11/h4-8,10,19H,3,9H2,1-2H3. The molecule has 0 amide bonds. The largest absolute Gasteiger partial charge is 0.480 e. The Kier molecular flexibility index (Phi) is 4.67. The Bertz CT molecular complexity index is 613. The monoisotopic (exact) mass is 298 g/mol. The Morgan fingerprint density at radius 1 is 1.29 bits per heavy atom. The predicted molar refractivity (Wildman–Crippen MR) is 75.3 cm³/mol. The van der Waals surface area contributed by atoms with Crippen LogP contribution in [0.25, 0.3) is 10.9 Å².